The number of hydrogen-bond donors (Lipinski definition) is 1. The molecule has 0 aliphatic carbocycles. The summed E-state index contributed by atoms with van der Waals surface area (Å²) in [6, 6.07) is 12.4. The number of carbonyl (C=O) groups is 1. The van der Waals surface area contributed by atoms with Gasteiger partial charge in [0.1, 0.15) is 5.69 Å². The molecule has 1 aliphatic rings. The highest BCUT2D eigenvalue weighted by atomic mass is 19.4. The van der Waals surface area contributed by atoms with Crippen molar-refractivity contribution in [3.8, 4) is 16.9 Å². The van der Waals surface area contributed by atoms with Gasteiger partial charge < -0.3 is 10.2 Å². The summed E-state index contributed by atoms with van der Waals surface area (Å²) >= 11 is 0. The minimum atomic E-state index is -4.53. The van der Waals surface area contributed by atoms with Crippen LogP contribution in [0.15, 0.2) is 67.1 Å². The van der Waals surface area contributed by atoms with Gasteiger partial charge in [0.25, 0.3) is 5.91 Å². The van der Waals surface area contributed by atoms with Crippen LogP contribution in [-0.4, -0.2) is 39.0 Å². The van der Waals surface area contributed by atoms with Gasteiger partial charge in [-0.05, 0) is 74.2 Å². The molecule has 1 N–H and O–H groups in total. The molecule has 2 aromatic carbocycles. The van der Waals surface area contributed by atoms with E-state index in [-0.39, 0.29) is 11.3 Å². The highest BCUT2D eigenvalue weighted by Crippen LogP contribution is 2.35. The molecule has 0 atom stereocenters. The number of carbonyl (C=O) groups excluding carboxylic acids is 1. The highest BCUT2D eigenvalue weighted by molar-refractivity contribution is 6.05. The molecule has 2 aromatic heterocycles. The minimum Gasteiger partial charge on any atom is -0.371 e. The molecule has 1 aliphatic heterocycles. The van der Waals surface area contributed by atoms with E-state index in [9.17, 15) is 18.0 Å². The van der Waals surface area contributed by atoms with Crippen LogP contribution >= 0.6 is 0 Å². The van der Waals surface area contributed by atoms with Gasteiger partial charge in [-0.3, -0.25) is 9.78 Å². The number of benzene rings is 2. The molecule has 0 bridgehead atoms. The molecule has 0 saturated carbocycles. The zero-order valence-corrected chi connectivity index (χ0v) is 20.2. The first-order chi connectivity index (χ1) is 17.8. The van der Waals surface area contributed by atoms with Crippen molar-refractivity contribution < 1.29 is 18.0 Å². The molecule has 7 nitrogen and oxygen atoms in total. The third-order valence-electron chi connectivity index (χ3n) is 6.39. The van der Waals surface area contributed by atoms with E-state index in [1.165, 1.54) is 0 Å². The number of nitrogens with zero attached hydrogens (tertiary/aromatic N) is 5. The maximum atomic E-state index is 13.6. The molecule has 0 spiro atoms. The number of piperidine rings is 1. The summed E-state index contributed by atoms with van der Waals surface area (Å²) in [5, 5.41) is 11.0. The molecule has 0 unspecified atom stereocenters. The third kappa shape index (κ3) is 5.47. The second kappa shape index (κ2) is 10.0. The van der Waals surface area contributed by atoms with Crippen molar-refractivity contribution in [2.75, 3.05) is 23.3 Å². The molecule has 190 valence electrons. The predicted molar refractivity (Wildman–Crippen MR) is 135 cm³/mol. The zero-order valence-electron chi connectivity index (χ0n) is 20.2. The Kier molecular flexibility index (Phi) is 6.64. The number of amides is 1. The first-order valence-corrected chi connectivity index (χ1v) is 12.0. The lowest BCUT2D eigenvalue weighted by atomic mass is 10.1. The van der Waals surface area contributed by atoms with E-state index in [4.69, 9.17) is 0 Å². The van der Waals surface area contributed by atoms with Crippen molar-refractivity contribution in [2.24, 2.45) is 0 Å². The van der Waals surface area contributed by atoms with Gasteiger partial charge in [-0.15, -0.1) is 5.10 Å². The van der Waals surface area contributed by atoms with E-state index in [2.05, 4.69) is 20.6 Å². The van der Waals surface area contributed by atoms with Gasteiger partial charge in [-0.25, -0.2) is 4.68 Å². The van der Waals surface area contributed by atoms with E-state index < -0.39 is 17.6 Å². The molecule has 10 heteroatoms. The van der Waals surface area contributed by atoms with Crippen LogP contribution in [0.5, 0.6) is 0 Å². The predicted octanol–water partition coefficient (Wildman–Crippen LogP) is 5.90. The van der Waals surface area contributed by atoms with Crippen molar-refractivity contribution in [3.05, 3.63) is 83.8 Å². The summed E-state index contributed by atoms with van der Waals surface area (Å²) in [5.74, 6) is -0.516. The van der Waals surface area contributed by atoms with Gasteiger partial charge in [0.05, 0.1) is 17.4 Å². The lowest BCUT2D eigenvalue weighted by Gasteiger charge is -2.29. The Balaban J connectivity index is 1.42. The third-order valence-corrected chi connectivity index (χ3v) is 6.39. The van der Waals surface area contributed by atoms with Crippen LogP contribution in [0.2, 0.25) is 0 Å². The Hall–Kier alpha value is -4.21. The fourth-order valence-electron chi connectivity index (χ4n) is 4.41. The summed E-state index contributed by atoms with van der Waals surface area (Å²) < 4.78 is 42.5. The van der Waals surface area contributed by atoms with Gasteiger partial charge in [-0.1, -0.05) is 11.3 Å². The Labute approximate surface area is 211 Å². The number of hydrogen-bond acceptors (Lipinski definition) is 5. The number of aromatic nitrogens is 4. The average Bonchev–Trinajstić information content (AvgIpc) is 3.39. The van der Waals surface area contributed by atoms with E-state index in [0.29, 0.717) is 30.2 Å². The number of anilines is 2. The molecule has 5 rings (SSSR count). The van der Waals surface area contributed by atoms with Crippen molar-refractivity contribution in [3.63, 3.8) is 0 Å². The highest BCUT2D eigenvalue weighted by Gasteiger charge is 2.32. The van der Waals surface area contributed by atoms with Crippen LogP contribution in [0, 0.1) is 6.92 Å². The first kappa shape index (κ1) is 24.5. The summed E-state index contributed by atoms with van der Waals surface area (Å²) in [6.07, 6.45) is 3.46. The molecular formula is C27H25F3N6O. The van der Waals surface area contributed by atoms with Crippen LogP contribution in [0.25, 0.3) is 16.9 Å². The Morgan fingerprint density at radius 3 is 2.57 bits per heavy atom. The second-order valence-electron chi connectivity index (χ2n) is 9.06. The fraction of sp³-hybridized carbons (Fsp3) is 0.259. The fourth-order valence-corrected chi connectivity index (χ4v) is 4.41. The van der Waals surface area contributed by atoms with Gasteiger partial charge in [0, 0.05) is 48.0 Å². The first-order valence-electron chi connectivity index (χ1n) is 12.0. The molecule has 1 saturated heterocycles. The quantitative estimate of drug-likeness (QED) is 0.365. The number of halogens is 3. The van der Waals surface area contributed by atoms with Gasteiger partial charge in [0.2, 0.25) is 0 Å². The number of aryl methyl sites for hydroxylation is 1. The maximum absolute atomic E-state index is 13.6. The second-order valence-corrected chi connectivity index (χ2v) is 9.06. The van der Waals surface area contributed by atoms with Crippen molar-refractivity contribution in [2.45, 2.75) is 32.4 Å². The molecule has 0 radical (unpaired) electrons. The Morgan fingerprint density at radius 2 is 1.84 bits per heavy atom. The van der Waals surface area contributed by atoms with Crippen LogP contribution in [0.3, 0.4) is 0 Å². The zero-order chi connectivity index (χ0) is 26.0. The Bertz CT molecular complexity index is 1410. The average molecular weight is 507 g/mol. The van der Waals surface area contributed by atoms with Gasteiger partial charge >= 0.3 is 6.18 Å². The largest absolute Gasteiger partial charge is 0.416 e. The van der Waals surface area contributed by atoms with E-state index in [0.717, 1.165) is 42.5 Å². The number of alkyl halides is 3. The van der Waals surface area contributed by atoms with Crippen molar-refractivity contribution in [1.82, 2.24) is 20.0 Å². The Morgan fingerprint density at radius 1 is 1.03 bits per heavy atom. The van der Waals surface area contributed by atoms with Gasteiger partial charge in [0.15, 0.2) is 0 Å². The van der Waals surface area contributed by atoms with Crippen molar-refractivity contribution >= 4 is 17.3 Å². The number of nitrogens with one attached hydrogen (secondary N) is 1. The summed E-state index contributed by atoms with van der Waals surface area (Å²) in [4.78, 5) is 19.1. The van der Waals surface area contributed by atoms with Crippen LogP contribution in [0.4, 0.5) is 24.5 Å². The van der Waals surface area contributed by atoms with Crippen molar-refractivity contribution in [1.29, 1.82) is 0 Å². The normalized spacial score (nSPS) is 14.0. The molecule has 4 aromatic rings. The molecule has 3 heterocycles. The summed E-state index contributed by atoms with van der Waals surface area (Å²) in [5.41, 5.74) is 2.96. The van der Waals surface area contributed by atoms with E-state index >= 15 is 0 Å². The summed E-state index contributed by atoms with van der Waals surface area (Å²) in [6.45, 7) is 3.25. The molecule has 1 fully saturated rings. The summed E-state index contributed by atoms with van der Waals surface area (Å²) in [7, 11) is 0. The van der Waals surface area contributed by atoms with E-state index in [1.54, 1.807) is 53.6 Å². The standard InChI is InChI=1S/C27H25F3N6O/c1-18-7-8-19(12-25(18)36-17-24(33-34-36)20-6-5-9-31-16-20)26(37)32-22-13-21(27(28,29)30)14-23(15-22)35-10-3-2-4-11-35/h5-9,12-17H,2-4,10-11H2,1H3,(H,32,37). The lowest BCUT2D eigenvalue weighted by molar-refractivity contribution is -0.137. The molecule has 1 amide bonds. The SMILES string of the molecule is Cc1ccc(C(=O)Nc2cc(N3CCCCC3)cc(C(F)(F)F)c2)cc1-n1cc(-c2cccnc2)nn1. The topological polar surface area (TPSA) is 75.9 Å². The molecular weight excluding hydrogens is 481 g/mol. The number of rotatable bonds is 5. The van der Waals surface area contributed by atoms with E-state index in [1.807, 2.05) is 17.9 Å². The number of pyridine rings is 1. The van der Waals surface area contributed by atoms with Gasteiger partial charge in [-0.2, -0.15) is 13.2 Å². The minimum absolute atomic E-state index is 0.0992. The van der Waals surface area contributed by atoms with Crippen LogP contribution < -0.4 is 10.2 Å². The van der Waals surface area contributed by atoms with Crippen LogP contribution in [0.1, 0.15) is 40.7 Å². The maximum Gasteiger partial charge on any atom is 0.416 e. The smallest absolute Gasteiger partial charge is 0.371 e. The monoisotopic (exact) mass is 506 g/mol. The lowest BCUT2D eigenvalue weighted by Crippen LogP contribution is -2.29. The molecule has 37 heavy (non-hydrogen) atoms. The van der Waals surface area contributed by atoms with Crippen LogP contribution in [-0.2, 0) is 6.18 Å².